The molecule has 0 aliphatic carbocycles. The zero-order valence-electron chi connectivity index (χ0n) is 20.8. The van der Waals surface area contributed by atoms with E-state index in [4.69, 9.17) is 9.15 Å². The molecule has 0 saturated carbocycles. The number of fused-ring (bicyclic) bond motifs is 1. The van der Waals surface area contributed by atoms with Gasteiger partial charge in [-0.3, -0.25) is 4.98 Å². The van der Waals surface area contributed by atoms with E-state index in [2.05, 4.69) is 15.0 Å². The maximum Gasteiger partial charge on any atom is 0.374 e. The lowest BCUT2D eigenvalue weighted by molar-refractivity contribution is 0.0380. The quantitative estimate of drug-likeness (QED) is 0.315. The van der Waals surface area contributed by atoms with Crippen molar-refractivity contribution < 1.29 is 22.4 Å². The molecule has 0 bridgehead atoms. The summed E-state index contributed by atoms with van der Waals surface area (Å²) in [5, 5.41) is 0. The minimum absolute atomic E-state index is 0.0783. The Hall–Kier alpha value is -3.50. The third kappa shape index (κ3) is 5.66. The molecule has 3 aromatic heterocycles. The number of H-pyrrole nitrogens is 1. The summed E-state index contributed by atoms with van der Waals surface area (Å²) in [5.41, 5.74) is 3.47. The number of esters is 1. The van der Waals surface area contributed by atoms with Gasteiger partial charge in [0.25, 0.3) is 0 Å². The monoisotopic (exact) mass is 510 g/mol. The topological polar surface area (TPSA) is 118 Å². The number of benzene rings is 1. The number of nitrogens with one attached hydrogen (secondary N) is 1. The number of carbonyl (C=O) groups is 1. The van der Waals surface area contributed by atoms with E-state index in [0.29, 0.717) is 12.8 Å². The molecule has 0 aliphatic rings. The first-order valence-electron chi connectivity index (χ1n) is 11.7. The van der Waals surface area contributed by atoms with Crippen LogP contribution in [-0.2, 0) is 21.2 Å². The number of furan rings is 1. The number of nitrogens with zero attached hydrogens (tertiary/aromatic N) is 3. The molecular weight excluding hydrogens is 480 g/mol. The van der Waals surface area contributed by atoms with Crippen LogP contribution in [0.25, 0.3) is 11.0 Å². The second-order valence-electron chi connectivity index (χ2n) is 9.18. The number of sulfonamides is 1. The fourth-order valence-electron chi connectivity index (χ4n) is 4.08. The van der Waals surface area contributed by atoms with Gasteiger partial charge in [-0.1, -0.05) is 26.0 Å². The highest BCUT2D eigenvalue weighted by Gasteiger charge is 2.30. The first-order chi connectivity index (χ1) is 17.1. The Kier molecular flexibility index (Phi) is 7.56. The number of pyridine rings is 1. The maximum atomic E-state index is 13.4. The normalized spacial score (nSPS) is 12.9. The molecular formula is C26H30N4O5S. The Morgan fingerprint density at radius 2 is 1.92 bits per heavy atom. The molecule has 4 aromatic rings. The Morgan fingerprint density at radius 1 is 1.17 bits per heavy atom. The lowest BCUT2D eigenvalue weighted by atomic mass is 10.0. The standard InChI is InChI=1S/C26H30N4O5S/c1-17(2)14-20(16-35-26(31)24-6-5-13-34-24)30(4)36(32,33)21-9-7-19(8-10-21)15-23-25-22(11-12-27-23)28-18(3)29-25/h5-13,17,20H,14-16H2,1-4H3,(H,28,29)/t20-/m0/s1. The molecule has 9 nitrogen and oxygen atoms in total. The van der Waals surface area contributed by atoms with E-state index in [-0.39, 0.29) is 23.2 Å². The Bertz CT molecular complexity index is 1430. The van der Waals surface area contributed by atoms with Crippen molar-refractivity contribution in [2.75, 3.05) is 13.7 Å². The van der Waals surface area contributed by atoms with E-state index in [1.54, 1.807) is 36.5 Å². The van der Waals surface area contributed by atoms with Crippen LogP contribution >= 0.6 is 0 Å². The first kappa shape index (κ1) is 25.6. The second-order valence-corrected chi connectivity index (χ2v) is 11.2. The molecule has 0 spiro atoms. The van der Waals surface area contributed by atoms with Crippen LogP contribution < -0.4 is 0 Å². The SMILES string of the molecule is Cc1nc2c(Cc3ccc(S(=O)(=O)N(C)[C@H](COC(=O)c4ccco4)CC(C)C)cc3)nccc2[nH]1. The highest BCUT2D eigenvalue weighted by Crippen LogP contribution is 2.23. The van der Waals surface area contributed by atoms with Crippen molar-refractivity contribution in [2.45, 2.75) is 44.6 Å². The minimum atomic E-state index is -3.82. The van der Waals surface area contributed by atoms with Gasteiger partial charge in [0.15, 0.2) is 0 Å². The van der Waals surface area contributed by atoms with Crippen LogP contribution in [0.15, 0.2) is 64.2 Å². The van der Waals surface area contributed by atoms with Gasteiger partial charge in [0.2, 0.25) is 15.8 Å². The van der Waals surface area contributed by atoms with Gasteiger partial charge in [-0.25, -0.2) is 18.2 Å². The molecule has 1 aromatic carbocycles. The van der Waals surface area contributed by atoms with E-state index in [1.165, 1.54) is 23.7 Å². The summed E-state index contributed by atoms with van der Waals surface area (Å²) < 4.78 is 38.6. The van der Waals surface area contributed by atoms with Gasteiger partial charge in [0.1, 0.15) is 17.9 Å². The zero-order chi connectivity index (χ0) is 25.9. The van der Waals surface area contributed by atoms with E-state index in [9.17, 15) is 13.2 Å². The number of aryl methyl sites for hydroxylation is 1. The molecule has 1 N–H and O–H groups in total. The second kappa shape index (κ2) is 10.6. The molecule has 0 aliphatic heterocycles. The number of likely N-dealkylation sites (N-methyl/N-ethyl adjacent to an activating group) is 1. The van der Waals surface area contributed by atoms with Crippen LogP contribution in [0.3, 0.4) is 0 Å². The molecule has 10 heteroatoms. The van der Waals surface area contributed by atoms with Crippen molar-refractivity contribution in [3.63, 3.8) is 0 Å². The van der Waals surface area contributed by atoms with E-state index < -0.39 is 22.0 Å². The summed E-state index contributed by atoms with van der Waals surface area (Å²) in [6, 6.07) is 11.2. The van der Waals surface area contributed by atoms with Gasteiger partial charge >= 0.3 is 5.97 Å². The number of hydrogen-bond donors (Lipinski definition) is 1. The first-order valence-corrected chi connectivity index (χ1v) is 13.2. The molecule has 0 fully saturated rings. The average molecular weight is 511 g/mol. The number of aromatic nitrogens is 3. The van der Waals surface area contributed by atoms with Gasteiger partial charge in [-0.2, -0.15) is 4.31 Å². The smallest absolute Gasteiger partial charge is 0.374 e. The van der Waals surface area contributed by atoms with Crippen molar-refractivity contribution in [3.8, 4) is 0 Å². The Morgan fingerprint density at radius 3 is 2.58 bits per heavy atom. The number of carbonyl (C=O) groups excluding carboxylic acids is 1. The van der Waals surface area contributed by atoms with Crippen LogP contribution in [0.1, 0.15) is 47.9 Å². The van der Waals surface area contributed by atoms with E-state index in [1.807, 2.05) is 26.8 Å². The third-order valence-electron chi connectivity index (χ3n) is 5.95. The molecule has 0 amide bonds. The summed E-state index contributed by atoms with van der Waals surface area (Å²) in [6.07, 6.45) is 4.17. The maximum absolute atomic E-state index is 13.4. The minimum Gasteiger partial charge on any atom is -0.458 e. The molecule has 0 saturated heterocycles. The highest BCUT2D eigenvalue weighted by atomic mass is 32.2. The Balaban J connectivity index is 1.49. The molecule has 0 radical (unpaired) electrons. The lowest BCUT2D eigenvalue weighted by Gasteiger charge is -2.28. The predicted octanol–water partition coefficient (Wildman–Crippen LogP) is 4.34. The van der Waals surface area contributed by atoms with Gasteiger partial charge in [-0.05, 0) is 55.2 Å². The summed E-state index contributed by atoms with van der Waals surface area (Å²) in [6.45, 7) is 5.80. The number of hydrogen-bond acceptors (Lipinski definition) is 7. The lowest BCUT2D eigenvalue weighted by Crippen LogP contribution is -2.41. The summed E-state index contributed by atoms with van der Waals surface area (Å²) in [4.78, 5) is 24.6. The molecule has 4 rings (SSSR count). The average Bonchev–Trinajstić information content (AvgIpc) is 3.51. The van der Waals surface area contributed by atoms with Crippen molar-refractivity contribution >= 4 is 27.0 Å². The fraction of sp³-hybridized carbons (Fsp3) is 0.346. The summed E-state index contributed by atoms with van der Waals surface area (Å²) in [5.74, 6) is 0.460. The van der Waals surface area contributed by atoms with Crippen LogP contribution in [0.2, 0.25) is 0 Å². The fourth-order valence-corrected chi connectivity index (χ4v) is 5.43. The molecule has 3 heterocycles. The van der Waals surface area contributed by atoms with Crippen molar-refractivity contribution in [3.05, 3.63) is 77.8 Å². The van der Waals surface area contributed by atoms with E-state index in [0.717, 1.165) is 28.1 Å². The molecule has 1 atom stereocenters. The Labute approximate surface area is 210 Å². The number of aromatic amines is 1. The van der Waals surface area contributed by atoms with Crippen molar-refractivity contribution in [1.29, 1.82) is 0 Å². The van der Waals surface area contributed by atoms with Crippen LogP contribution in [0.4, 0.5) is 0 Å². The van der Waals surface area contributed by atoms with Crippen LogP contribution in [0.5, 0.6) is 0 Å². The third-order valence-corrected chi connectivity index (χ3v) is 7.88. The zero-order valence-corrected chi connectivity index (χ0v) is 21.6. The van der Waals surface area contributed by atoms with E-state index >= 15 is 0 Å². The predicted molar refractivity (Wildman–Crippen MR) is 135 cm³/mol. The largest absolute Gasteiger partial charge is 0.458 e. The molecule has 0 unspecified atom stereocenters. The van der Waals surface area contributed by atoms with Crippen molar-refractivity contribution in [2.24, 2.45) is 5.92 Å². The highest BCUT2D eigenvalue weighted by molar-refractivity contribution is 7.89. The van der Waals surface area contributed by atoms with Gasteiger partial charge < -0.3 is 14.1 Å². The van der Waals surface area contributed by atoms with Crippen molar-refractivity contribution in [1.82, 2.24) is 19.3 Å². The summed E-state index contributed by atoms with van der Waals surface area (Å²) >= 11 is 0. The number of ether oxygens (including phenoxy) is 1. The van der Waals surface area contributed by atoms with Gasteiger partial charge in [-0.15, -0.1) is 0 Å². The molecule has 190 valence electrons. The van der Waals surface area contributed by atoms with Gasteiger partial charge in [0.05, 0.1) is 28.4 Å². The number of rotatable bonds is 10. The van der Waals surface area contributed by atoms with Crippen LogP contribution in [-0.4, -0.2) is 53.3 Å². The number of imidazole rings is 1. The van der Waals surface area contributed by atoms with Gasteiger partial charge in [0, 0.05) is 19.7 Å². The summed E-state index contributed by atoms with van der Waals surface area (Å²) in [7, 11) is -2.31. The van der Waals surface area contributed by atoms with Crippen LogP contribution in [0, 0.1) is 12.8 Å². The molecule has 36 heavy (non-hydrogen) atoms.